The molecule has 3 rings (SSSR count). The van der Waals surface area contributed by atoms with Gasteiger partial charge in [-0.15, -0.1) is 22.9 Å². The van der Waals surface area contributed by atoms with Crippen LogP contribution in [0.1, 0.15) is 23.5 Å². The normalized spacial score (nSPS) is 14.8. The minimum Gasteiger partial charge on any atom is -0.370 e. The molecule has 0 atom stereocenters. The van der Waals surface area contributed by atoms with Gasteiger partial charge in [0, 0.05) is 31.0 Å². The molecule has 1 saturated heterocycles. The van der Waals surface area contributed by atoms with E-state index in [4.69, 9.17) is 11.6 Å². The van der Waals surface area contributed by atoms with Crippen molar-refractivity contribution in [1.29, 1.82) is 0 Å². The Bertz CT molecular complexity index is 663. The first-order valence-corrected chi connectivity index (χ1v) is 8.49. The minimum absolute atomic E-state index is 0.0477. The second-order valence-electron chi connectivity index (χ2n) is 5.09. The summed E-state index contributed by atoms with van der Waals surface area (Å²) in [6.07, 6.45) is 4.88. The number of hydrogen-bond donors (Lipinski definition) is 0. The van der Waals surface area contributed by atoms with Gasteiger partial charge < -0.3 is 4.90 Å². The molecule has 0 radical (unpaired) electrons. The highest BCUT2D eigenvalue weighted by Crippen LogP contribution is 2.17. The summed E-state index contributed by atoms with van der Waals surface area (Å²) in [5.41, 5.74) is 1.78. The van der Waals surface area contributed by atoms with E-state index in [0.717, 1.165) is 29.5 Å². The standard InChI is InChI=1S/C14H17ClN4OS/c15-8-11-10-21-13(17-11)3-6-19-14(20)7-12(9-16-19)18-4-1-2-5-18/h7,9-10H,1-6,8H2. The maximum atomic E-state index is 12.1. The van der Waals surface area contributed by atoms with E-state index in [1.807, 2.05) is 5.38 Å². The number of aryl methyl sites for hydroxylation is 2. The van der Waals surface area contributed by atoms with Crippen LogP contribution in [0.5, 0.6) is 0 Å². The predicted octanol–water partition coefficient (Wildman–Crippen LogP) is 2.28. The first-order valence-electron chi connectivity index (χ1n) is 7.07. The van der Waals surface area contributed by atoms with Crippen molar-refractivity contribution < 1.29 is 0 Å². The van der Waals surface area contributed by atoms with Crippen molar-refractivity contribution in [2.75, 3.05) is 18.0 Å². The summed E-state index contributed by atoms with van der Waals surface area (Å²) >= 11 is 7.31. The van der Waals surface area contributed by atoms with Crippen LogP contribution in [0.15, 0.2) is 22.4 Å². The van der Waals surface area contributed by atoms with Crippen molar-refractivity contribution in [3.8, 4) is 0 Å². The van der Waals surface area contributed by atoms with Gasteiger partial charge >= 0.3 is 0 Å². The molecule has 5 nitrogen and oxygen atoms in total. The van der Waals surface area contributed by atoms with E-state index in [9.17, 15) is 4.79 Å². The van der Waals surface area contributed by atoms with E-state index in [1.54, 1.807) is 23.6 Å². The van der Waals surface area contributed by atoms with E-state index in [2.05, 4.69) is 15.0 Å². The lowest BCUT2D eigenvalue weighted by Crippen LogP contribution is -2.26. The molecule has 0 saturated carbocycles. The van der Waals surface area contributed by atoms with Crippen LogP contribution in [0.3, 0.4) is 0 Å². The number of alkyl halides is 1. The smallest absolute Gasteiger partial charge is 0.268 e. The average molecular weight is 325 g/mol. The molecule has 112 valence electrons. The van der Waals surface area contributed by atoms with Gasteiger partial charge in [0.25, 0.3) is 5.56 Å². The fraction of sp³-hybridized carbons (Fsp3) is 0.500. The van der Waals surface area contributed by atoms with Gasteiger partial charge in [-0.05, 0) is 12.8 Å². The van der Waals surface area contributed by atoms with Gasteiger partial charge in [-0.25, -0.2) is 9.67 Å². The van der Waals surface area contributed by atoms with Gasteiger partial charge in [-0.1, -0.05) is 0 Å². The molecule has 0 unspecified atom stereocenters. The zero-order valence-electron chi connectivity index (χ0n) is 11.7. The topological polar surface area (TPSA) is 51.0 Å². The molecule has 0 bridgehead atoms. The van der Waals surface area contributed by atoms with E-state index in [1.165, 1.54) is 17.5 Å². The maximum absolute atomic E-state index is 12.1. The second kappa shape index (κ2) is 6.58. The monoisotopic (exact) mass is 324 g/mol. The molecule has 2 aromatic heterocycles. The molecule has 0 aromatic carbocycles. The first kappa shape index (κ1) is 14.5. The number of anilines is 1. The van der Waals surface area contributed by atoms with Crippen molar-refractivity contribution in [2.45, 2.75) is 31.7 Å². The van der Waals surface area contributed by atoms with E-state index in [-0.39, 0.29) is 5.56 Å². The fourth-order valence-corrected chi connectivity index (χ4v) is 3.48. The van der Waals surface area contributed by atoms with Crippen molar-refractivity contribution in [3.63, 3.8) is 0 Å². The summed E-state index contributed by atoms with van der Waals surface area (Å²) in [4.78, 5) is 18.7. The van der Waals surface area contributed by atoms with Crippen LogP contribution in [0.4, 0.5) is 5.69 Å². The Morgan fingerprint density at radius 1 is 1.33 bits per heavy atom. The zero-order chi connectivity index (χ0) is 14.7. The Kier molecular flexibility index (Phi) is 4.55. The summed E-state index contributed by atoms with van der Waals surface area (Å²) in [6.45, 7) is 2.59. The molecule has 3 heterocycles. The molecule has 2 aromatic rings. The lowest BCUT2D eigenvalue weighted by atomic mass is 10.4. The number of nitrogens with zero attached hydrogens (tertiary/aromatic N) is 4. The fourth-order valence-electron chi connectivity index (χ4n) is 2.47. The summed E-state index contributed by atoms with van der Waals surface area (Å²) < 4.78 is 1.50. The molecule has 0 amide bonds. The lowest BCUT2D eigenvalue weighted by Gasteiger charge is -2.16. The Balaban J connectivity index is 1.66. The molecule has 1 aliphatic heterocycles. The number of aromatic nitrogens is 3. The van der Waals surface area contributed by atoms with Gasteiger partial charge in [-0.2, -0.15) is 5.10 Å². The zero-order valence-corrected chi connectivity index (χ0v) is 13.2. The van der Waals surface area contributed by atoms with Crippen LogP contribution < -0.4 is 10.5 Å². The summed E-state index contributed by atoms with van der Waals surface area (Å²) in [5.74, 6) is 0.430. The first-order chi connectivity index (χ1) is 10.3. The Hall–Kier alpha value is -1.40. The van der Waals surface area contributed by atoms with Crippen LogP contribution in [0.25, 0.3) is 0 Å². The molecular weight excluding hydrogens is 308 g/mol. The molecule has 21 heavy (non-hydrogen) atoms. The minimum atomic E-state index is -0.0477. The van der Waals surface area contributed by atoms with Gasteiger partial charge in [0.1, 0.15) is 0 Å². The highest BCUT2D eigenvalue weighted by molar-refractivity contribution is 7.09. The third kappa shape index (κ3) is 3.44. The maximum Gasteiger partial charge on any atom is 0.268 e. The predicted molar refractivity (Wildman–Crippen MR) is 85.3 cm³/mol. The molecule has 0 aliphatic carbocycles. The lowest BCUT2D eigenvalue weighted by molar-refractivity contribution is 0.576. The third-order valence-electron chi connectivity index (χ3n) is 3.60. The van der Waals surface area contributed by atoms with E-state index >= 15 is 0 Å². The largest absolute Gasteiger partial charge is 0.370 e. The molecular formula is C14H17ClN4OS. The Morgan fingerprint density at radius 2 is 2.14 bits per heavy atom. The molecule has 1 fully saturated rings. The van der Waals surface area contributed by atoms with Crippen LogP contribution in [-0.4, -0.2) is 27.9 Å². The van der Waals surface area contributed by atoms with Crippen LogP contribution >= 0.6 is 22.9 Å². The second-order valence-corrected chi connectivity index (χ2v) is 6.30. The van der Waals surface area contributed by atoms with Crippen LogP contribution in [0.2, 0.25) is 0 Å². The summed E-state index contributed by atoms with van der Waals surface area (Å²) in [7, 11) is 0. The molecule has 7 heteroatoms. The van der Waals surface area contributed by atoms with E-state index < -0.39 is 0 Å². The van der Waals surface area contributed by atoms with E-state index in [0.29, 0.717) is 18.8 Å². The Morgan fingerprint density at radius 3 is 2.81 bits per heavy atom. The quantitative estimate of drug-likeness (QED) is 0.792. The highest BCUT2D eigenvalue weighted by Gasteiger charge is 2.13. The average Bonchev–Trinajstić information content (AvgIpc) is 3.17. The molecule has 0 spiro atoms. The van der Waals surface area contributed by atoms with Crippen molar-refractivity contribution in [2.24, 2.45) is 0 Å². The van der Waals surface area contributed by atoms with Crippen molar-refractivity contribution in [3.05, 3.63) is 38.7 Å². The van der Waals surface area contributed by atoms with Gasteiger partial charge in [0.2, 0.25) is 0 Å². The van der Waals surface area contributed by atoms with Crippen molar-refractivity contribution in [1.82, 2.24) is 14.8 Å². The van der Waals surface area contributed by atoms with Crippen molar-refractivity contribution >= 4 is 28.6 Å². The SMILES string of the molecule is O=c1cc(N2CCCC2)cnn1CCc1nc(CCl)cs1. The highest BCUT2D eigenvalue weighted by atomic mass is 35.5. The number of halogens is 1. The third-order valence-corrected chi connectivity index (χ3v) is 4.83. The molecule has 0 N–H and O–H groups in total. The summed E-state index contributed by atoms with van der Waals surface area (Å²) in [6, 6.07) is 1.68. The number of thiazole rings is 1. The number of hydrogen-bond acceptors (Lipinski definition) is 5. The summed E-state index contributed by atoms with van der Waals surface area (Å²) in [5, 5.41) is 7.22. The Labute approximate surface area is 132 Å². The number of rotatable bonds is 5. The van der Waals surface area contributed by atoms with Crippen LogP contribution in [0, 0.1) is 0 Å². The molecule has 1 aliphatic rings. The van der Waals surface area contributed by atoms with Gasteiger partial charge in [0.05, 0.1) is 35.0 Å². The van der Waals surface area contributed by atoms with Crippen LogP contribution in [-0.2, 0) is 18.8 Å². The van der Waals surface area contributed by atoms with Gasteiger partial charge in [-0.3, -0.25) is 4.79 Å². The van der Waals surface area contributed by atoms with Gasteiger partial charge in [0.15, 0.2) is 0 Å².